The van der Waals surface area contributed by atoms with E-state index in [1.54, 1.807) is 7.11 Å². The first-order valence-corrected chi connectivity index (χ1v) is 6.17. The molecule has 1 aliphatic heterocycles. The molecule has 0 amide bonds. The van der Waals surface area contributed by atoms with Crippen LogP contribution in [0.15, 0.2) is 18.2 Å². The van der Waals surface area contributed by atoms with Crippen LogP contribution in [0.4, 0.5) is 0 Å². The summed E-state index contributed by atoms with van der Waals surface area (Å²) in [6.07, 6.45) is 2.38. The molecule has 1 N–H and O–H groups in total. The fraction of sp³-hybridized carbons (Fsp3) is 0.571. The summed E-state index contributed by atoms with van der Waals surface area (Å²) in [5.74, 6) is 2.29. The van der Waals surface area contributed by atoms with Gasteiger partial charge in [-0.25, -0.2) is 0 Å². The van der Waals surface area contributed by atoms with Crippen LogP contribution >= 0.6 is 0 Å². The minimum atomic E-state index is -0.429. The fourth-order valence-corrected chi connectivity index (χ4v) is 3.20. The van der Waals surface area contributed by atoms with Crippen LogP contribution in [0.2, 0.25) is 0 Å². The minimum Gasteiger partial charge on any atom is -0.497 e. The summed E-state index contributed by atoms with van der Waals surface area (Å²) in [4.78, 5) is 0. The van der Waals surface area contributed by atoms with E-state index < -0.39 is 6.10 Å². The lowest BCUT2D eigenvalue weighted by Gasteiger charge is -2.50. The lowest BCUT2D eigenvalue weighted by atomic mass is 9.67. The van der Waals surface area contributed by atoms with E-state index in [9.17, 15) is 5.11 Å². The fourth-order valence-electron chi connectivity index (χ4n) is 3.20. The molecule has 1 aromatic rings. The van der Waals surface area contributed by atoms with Gasteiger partial charge in [-0.1, -0.05) is 6.92 Å². The highest BCUT2D eigenvalue weighted by molar-refractivity contribution is 5.44. The van der Waals surface area contributed by atoms with E-state index in [0.717, 1.165) is 29.9 Å². The summed E-state index contributed by atoms with van der Waals surface area (Å²) in [5.41, 5.74) is 0.745. The van der Waals surface area contributed by atoms with Crippen molar-refractivity contribution in [2.75, 3.05) is 7.11 Å². The molecular weight excluding hydrogens is 216 g/mol. The first-order valence-electron chi connectivity index (χ1n) is 6.17. The maximum absolute atomic E-state index is 10.2. The molecule has 2 aliphatic rings. The molecule has 92 valence electrons. The number of methoxy groups -OCH3 is 1. The molecule has 1 aromatic carbocycles. The Morgan fingerprint density at radius 3 is 2.76 bits per heavy atom. The van der Waals surface area contributed by atoms with E-state index in [4.69, 9.17) is 9.47 Å². The van der Waals surface area contributed by atoms with Crippen LogP contribution in [-0.2, 0) is 0 Å². The van der Waals surface area contributed by atoms with Crippen LogP contribution in [0, 0.1) is 5.92 Å². The van der Waals surface area contributed by atoms with Gasteiger partial charge < -0.3 is 14.6 Å². The van der Waals surface area contributed by atoms with Crippen molar-refractivity contribution in [1.82, 2.24) is 0 Å². The van der Waals surface area contributed by atoms with Gasteiger partial charge in [0, 0.05) is 12.0 Å². The van der Waals surface area contributed by atoms with Gasteiger partial charge in [0.15, 0.2) is 0 Å². The van der Waals surface area contributed by atoms with Crippen molar-refractivity contribution in [2.24, 2.45) is 5.92 Å². The highest BCUT2D eigenvalue weighted by Gasteiger charge is 2.48. The number of ether oxygens (including phenoxy) is 2. The van der Waals surface area contributed by atoms with E-state index in [0.29, 0.717) is 12.3 Å². The Hall–Kier alpha value is -1.22. The second-order valence-electron chi connectivity index (χ2n) is 5.42. The highest BCUT2D eigenvalue weighted by atomic mass is 16.5. The van der Waals surface area contributed by atoms with Crippen LogP contribution in [0.3, 0.4) is 0 Å². The SMILES string of the molecule is COc1ccc2c(c1)[C@H](O)CC1(CC(C)C1)O2. The Morgan fingerprint density at radius 1 is 1.35 bits per heavy atom. The van der Waals surface area contributed by atoms with Gasteiger partial charge in [0.25, 0.3) is 0 Å². The van der Waals surface area contributed by atoms with E-state index >= 15 is 0 Å². The molecule has 3 heteroatoms. The maximum Gasteiger partial charge on any atom is 0.126 e. The second-order valence-corrected chi connectivity index (χ2v) is 5.42. The van der Waals surface area contributed by atoms with Crippen molar-refractivity contribution < 1.29 is 14.6 Å². The van der Waals surface area contributed by atoms with Gasteiger partial charge in [-0.2, -0.15) is 0 Å². The van der Waals surface area contributed by atoms with Crippen molar-refractivity contribution in [1.29, 1.82) is 0 Å². The first-order chi connectivity index (χ1) is 8.12. The monoisotopic (exact) mass is 234 g/mol. The molecule has 1 aliphatic carbocycles. The zero-order valence-electron chi connectivity index (χ0n) is 10.3. The Labute approximate surface area is 101 Å². The van der Waals surface area contributed by atoms with Crippen molar-refractivity contribution in [3.05, 3.63) is 23.8 Å². The van der Waals surface area contributed by atoms with Crippen molar-refractivity contribution in [3.63, 3.8) is 0 Å². The largest absolute Gasteiger partial charge is 0.497 e. The van der Waals surface area contributed by atoms with Gasteiger partial charge in [0.05, 0.1) is 13.2 Å². The average Bonchev–Trinajstić information content (AvgIpc) is 2.27. The summed E-state index contributed by atoms with van der Waals surface area (Å²) in [6.45, 7) is 2.23. The van der Waals surface area contributed by atoms with Crippen molar-refractivity contribution >= 4 is 0 Å². The summed E-state index contributed by atoms with van der Waals surface area (Å²) in [7, 11) is 1.63. The molecule has 0 radical (unpaired) electrons. The molecule has 3 nitrogen and oxygen atoms in total. The number of fused-ring (bicyclic) bond motifs is 1. The van der Waals surface area contributed by atoms with Gasteiger partial charge in [0.2, 0.25) is 0 Å². The lowest BCUT2D eigenvalue weighted by Crippen LogP contribution is -2.51. The highest BCUT2D eigenvalue weighted by Crippen LogP contribution is 2.51. The van der Waals surface area contributed by atoms with E-state index in [-0.39, 0.29) is 5.60 Å². The predicted octanol–water partition coefficient (Wildman–Crippen LogP) is 2.68. The number of benzene rings is 1. The Bertz CT molecular complexity index is 435. The van der Waals surface area contributed by atoms with Crippen LogP contribution in [0.25, 0.3) is 0 Å². The standard InChI is InChI=1S/C14H18O3/c1-9-6-14(7-9)8-12(15)11-5-10(16-2)3-4-13(11)17-14/h3-5,9,12,15H,6-8H2,1-2H3/t9?,12-,14?/m1/s1. The van der Waals surface area contributed by atoms with Crippen molar-refractivity contribution in [3.8, 4) is 11.5 Å². The van der Waals surface area contributed by atoms with E-state index in [1.165, 1.54) is 0 Å². The quantitative estimate of drug-likeness (QED) is 0.812. The first kappa shape index (κ1) is 10.9. The van der Waals surface area contributed by atoms with Gasteiger partial charge in [-0.05, 0) is 37.0 Å². The van der Waals surface area contributed by atoms with E-state index in [2.05, 4.69) is 6.92 Å². The molecule has 1 saturated carbocycles. The minimum absolute atomic E-state index is 0.111. The van der Waals surface area contributed by atoms with Crippen LogP contribution < -0.4 is 9.47 Å². The molecule has 1 heterocycles. The van der Waals surface area contributed by atoms with Crippen molar-refractivity contribution in [2.45, 2.75) is 37.9 Å². The summed E-state index contributed by atoms with van der Waals surface area (Å²) in [5, 5.41) is 10.2. The molecular formula is C14H18O3. The smallest absolute Gasteiger partial charge is 0.126 e. The Kier molecular flexibility index (Phi) is 2.33. The zero-order valence-corrected chi connectivity index (χ0v) is 10.3. The predicted molar refractivity (Wildman–Crippen MR) is 64.3 cm³/mol. The molecule has 1 spiro atoms. The molecule has 1 fully saturated rings. The Morgan fingerprint density at radius 2 is 2.12 bits per heavy atom. The lowest BCUT2D eigenvalue weighted by molar-refractivity contribution is -0.0926. The third kappa shape index (κ3) is 1.69. The van der Waals surface area contributed by atoms with Gasteiger partial charge in [-0.3, -0.25) is 0 Å². The third-order valence-corrected chi connectivity index (χ3v) is 3.91. The average molecular weight is 234 g/mol. The summed E-state index contributed by atoms with van der Waals surface area (Å²) >= 11 is 0. The van der Waals surface area contributed by atoms with Crippen LogP contribution in [0.1, 0.15) is 37.9 Å². The maximum atomic E-state index is 10.2. The zero-order chi connectivity index (χ0) is 12.0. The van der Waals surface area contributed by atoms with Crippen LogP contribution in [-0.4, -0.2) is 17.8 Å². The normalized spacial score (nSPS) is 34.8. The molecule has 3 rings (SSSR count). The number of aliphatic hydroxyl groups is 1. The topological polar surface area (TPSA) is 38.7 Å². The molecule has 17 heavy (non-hydrogen) atoms. The molecule has 1 atom stereocenters. The van der Waals surface area contributed by atoms with E-state index in [1.807, 2.05) is 18.2 Å². The number of hydrogen-bond donors (Lipinski definition) is 1. The van der Waals surface area contributed by atoms with Gasteiger partial charge in [-0.15, -0.1) is 0 Å². The van der Waals surface area contributed by atoms with Gasteiger partial charge in [0.1, 0.15) is 17.1 Å². The molecule has 0 saturated heterocycles. The molecule has 0 bridgehead atoms. The third-order valence-electron chi connectivity index (χ3n) is 3.91. The molecule has 0 aromatic heterocycles. The second kappa shape index (κ2) is 3.64. The van der Waals surface area contributed by atoms with Gasteiger partial charge >= 0.3 is 0 Å². The summed E-state index contributed by atoms with van der Waals surface area (Å²) < 4.78 is 11.3. The number of hydrogen-bond acceptors (Lipinski definition) is 3. The number of aliphatic hydroxyl groups excluding tert-OH is 1. The van der Waals surface area contributed by atoms with Crippen LogP contribution in [0.5, 0.6) is 11.5 Å². The number of rotatable bonds is 1. The summed E-state index contributed by atoms with van der Waals surface area (Å²) in [6, 6.07) is 5.66. The molecule has 0 unspecified atom stereocenters. The Balaban J connectivity index is 1.92.